The average molecular weight is 1390 g/mol. The van der Waals surface area contributed by atoms with Crippen LogP contribution in [0.25, 0.3) is 16.5 Å². The fourth-order valence-corrected chi connectivity index (χ4v) is 13.6. The van der Waals surface area contributed by atoms with Crippen molar-refractivity contribution in [1.29, 1.82) is 0 Å². The second-order valence-electron chi connectivity index (χ2n) is 24.7. The van der Waals surface area contributed by atoms with Crippen molar-refractivity contribution >= 4 is 80.1 Å². The zero-order chi connectivity index (χ0) is 68.5. The summed E-state index contributed by atoms with van der Waals surface area (Å²) in [5, 5.41) is 10.4. The number of imidazole rings is 1. The molecule has 0 saturated carbocycles. The summed E-state index contributed by atoms with van der Waals surface area (Å²) in [6.45, 7) is 17.0. The number of rotatable bonds is 24. The first-order valence-corrected chi connectivity index (χ1v) is 34.7. The fourth-order valence-electron chi connectivity index (χ4n) is 12.6. The van der Waals surface area contributed by atoms with Crippen LogP contribution in [-0.4, -0.2) is 131 Å². The number of allylic oxidation sites excluding steroid dienone is 1. The van der Waals surface area contributed by atoms with Gasteiger partial charge in [0.2, 0.25) is 0 Å². The molecule has 3 aliphatic rings. The lowest BCUT2D eigenvalue weighted by atomic mass is 9.85. The lowest BCUT2D eigenvalue weighted by molar-refractivity contribution is 0.0895. The van der Waals surface area contributed by atoms with E-state index in [1.165, 1.54) is 27.6 Å². The Hall–Kier alpha value is -8.00. The Morgan fingerprint density at radius 1 is 0.660 bits per heavy atom. The standard InChI is InChI=1S/C23H29N3O3.C23H28N2O3.C17H17Cl2N.C14H17ClN4S/c1-27-21-13-23(29-3)22(28-2)12-17(21)15-25-8-10-26(11-9-25)16-18-14-24-20-7-5-4-6-19(18)20;1-27-21-12-18-11-19(23(26)20(18)13-22(21)28-2)10-16-5-8-25(9-6-16)15-17-4-3-7-24-14-17;1-13(16-9-8-15(18)11-17(16)19)5-2-3-6-14-7-4-10-20-12-14;1-11-9-12(15)3-4-13(11)18-14(20)17-5-2-7-19-8-6-16-10-19/h4-7,12-14,24H,8-11,15-16H2,1-3H3;3-4,7,12-14,16,19H,5-6,8-11,15H2,1-2H3;4,7-12H,1-3,5-6H2;3-4,6,8-10H,2,5,7H2,1H3,(H2,17,18,20). The molecule has 9 aromatic rings. The highest BCUT2D eigenvalue weighted by Gasteiger charge is 2.35. The fraction of sp³-hybridized carbons (Fsp3) is 0.364. The second-order valence-corrected chi connectivity index (χ2v) is 26.4. The largest absolute Gasteiger partial charge is 0.496 e. The number of ether oxygens (including phenoxy) is 5. The first-order chi connectivity index (χ1) is 47.2. The molecule has 97 heavy (non-hydrogen) atoms. The molecule has 20 heteroatoms. The number of aryl methyl sites for hydroxylation is 3. The number of aromatic nitrogens is 5. The number of methoxy groups -OCH3 is 5. The van der Waals surface area contributed by atoms with Gasteiger partial charge in [-0.05, 0) is 202 Å². The molecule has 2 fully saturated rings. The van der Waals surface area contributed by atoms with E-state index >= 15 is 0 Å². The van der Waals surface area contributed by atoms with Crippen LogP contribution in [-0.2, 0) is 39.0 Å². The third-order valence-corrected chi connectivity index (χ3v) is 19.0. The number of halogens is 3. The van der Waals surface area contributed by atoms with Crippen LogP contribution in [0, 0.1) is 18.8 Å². The van der Waals surface area contributed by atoms with Gasteiger partial charge in [-0.2, -0.15) is 0 Å². The maximum Gasteiger partial charge on any atom is 0.170 e. The number of aromatic amines is 1. The lowest BCUT2D eigenvalue weighted by Crippen LogP contribution is -2.45. The van der Waals surface area contributed by atoms with Crippen LogP contribution in [0.1, 0.15) is 94.2 Å². The van der Waals surface area contributed by atoms with Crippen LogP contribution in [0.4, 0.5) is 5.69 Å². The smallest absolute Gasteiger partial charge is 0.170 e. The number of carbonyl (C=O) groups excluding carboxylic acids is 1. The summed E-state index contributed by atoms with van der Waals surface area (Å²) < 4.78 is 29.2. The zero-order valence-corrected chi connectivity index (χ0v) is 59.7. The number of ketones is 1. The number of benzene rings is 5. The Kier molecular flexibility index (Phi) is 28.4. The minimum atomic E-state index is 0.0988. The predicted molar refractivity (Wildman–Crippen MR) is 397 cm³/mol. The quantitative estimate of drug-likeness (QED) is 0.0388. The SMILES string of the molecule is C=C(CCCCc1cccnc1)c1ccc(Cl)cc1Cl.COc1cc(OC)c(OC)cc1CN1CCN(Cc2c[nH]c3ccccc23)CC1.COc1cc2c(cc1OC)C(=O)C(CC1CCN(Cc3cccnc3)CC1)C2.Cc1cc(Cl)ccc1NC(=S)NCCCn1ccnc1. The Balaban J connectivity index is 0.000000154. The van der Waals surface area contributed by atoms with Crippen molar-refractivity contribution in [2.24, 2.45) is 11.8 Å². The monoisotopic (exact) mass is 1390 g/mol. The number of para-hydroxylation sites is 1. The highest BCUT2D eigenvalue weighted by molar-refractivity contribution is 7.80. The Morgan fingerprint density at radius 2 is 1.30 bits per heavy atom. The summed E-state index contributed by atoms with van der Waals surface area (Å²) in [5.41, 5.74) is 12.3. The number of hydrogen-bond acceptors (Lipinski definition) is 13. The number of hydrogen-bond donors (Lipinski definition) is 3. The summed E-state index contributed by atoms with van der Waals surface area (Å²) in [6.07, 6.45) is 24.5. The summed E-state index contributed by atoms with van der Waals surface area (Å²) in [5.74, 6) is 4.60. The van der Waals surface area contributed by atoms with Gasteiger partial charge in [-0.3, -0.25) is 29.5 Å². The molecule has 4 aromatic heterocycles. The molecule has 16 nitrogen and oxygen atoms in total. The number of likely N-dealkylation sites (tertiary alicyclic amines) is 1. The molecule has 6 heterocycles. The van der Waals surface area contributed by atoms with Crippen LogP contribution in [0.15, 0.2) is 165 Å². The van der Waals surface area contributed by atoms with Crippen molar-refractivity contribution in [1.82, 2.24) is 44.5 Å². The first kappa shape index (κ1) is 73.3. The van der Waals surface area contributed by atoms with E-state index in [9.17, 15) is 4.79 Å². The summed E-state index contributed by atoms with van der Waals surface area (Å²) in [6, 6.07) is 35.7. The highest BCUT2D eigenvalue weighted by Crippen LogP contribution is 2.40. The van der Waals surface area contributed by atoms with Crippen molar-refractivity contribution < 1.29 is 28.5 Å². The van der Waals surface area contributed by atoms with Gasteiger partial charge in [-0.25, -0.2) is 4.98 Å². The number of Topliss-reactive ketones (excluding diaryl/α,β-unsaturated/α-hetero) is 1. The van der Waals surface area contributed by atoms with Crippen molar-refractivity contribution in [2.75, 3.05) is 86.7 Å². The van der Waals surface area contributed by atoms with E-state index in [4.69, 9.17) is 70.7 Å². The maximum atomic E-state index is 12.9. The molecule has 1 atom stereocenters. The Morgan fingerprint density at radius 3 is 1.96 bits per heavy atom. The number of carbonyl (C=O) groups is 1. The van der Waals surface area contributed by atoms with E-state index < -0.39 is 0 Å². The van der Waals surface area contributed by atoms with E-state index in [2.05, 4.69) is 94.4 Å². The molecule has 1 unspecified atom stereocenters. The van der Waals surface area contributed by atoms with Crippen molar-refractivity contribution in [2.45, 2.75) is 90.9 Å². The number of anilines is 1. The molecule has 0 bridgehead atoms. The minimum Gasteiger partial charge on any atom is -0.496 e. The van der Waals surface area contributed by atoms with Crippen LogP contribution < -0.4 is 34.3 Å². The first-order valence-electron chi connectivity index (χ1n) is 33.2. The van der Waals surface area contributed by atoms with Gasteiger partial charge in [0.05, 0.1) is 41.9 Å². The van der Waals surface area contributed by atoms with Gasteiger partial charge in [0.1, 0.15) is 5.75 Å². The normalized spacial score (nSPS) is 14.8. The van der Waals surface area contributed by atoms with E-state index in [1.54, 1.807) is 54.0 Å². The van der Waals surface area contributed by atoms with Crippen LogP contribution in [0.3, 0.4) is 0 Å². The van der Waals surface area contributed by atoms with Crippen LogP contribution in [0.5, 0.6) is 28.7 Å². The van der Waals surface area contributed by atoms with Gasteiger partial charge in [0.25, 0.3) is 0 Å². The van der Waals surface area contributed by atoms with Gasteiger partial charge in [-0.15, -0.1) is 0 Å². The third kappa shape index (κ3) is 21.7. The molecule has 512 valence electrons. The Bertz CT molecular complexity index is 3960. The number of fused-ring (bicyclic) bond motifs is 2. The van der Waals surface area contributed by atoms with E-state index in [0.29, 0.717) is 38.3 Å². The predicted octanol–water partition coefficient (Wildman–Crippen LogP) is 16.3. The van der Waals surface area contributed by atoms with Gasteiger partial charge in [0, 0.05) is 157 Å². The van der Waals surface area contributed by atoms with Crippen LogP contribution in [0.2, 0.25) is 15.1 Å². The third-order valence-electron chi connectivity index (χ3n) is 18.0. The van der Waals surface area contributed by atoms with E-state index in [1.807, 2.05) is 109 Å². The number of unbranched alkanes of at least 4 members (excludes halogenated alkanes) is 1. The van der Waals surface area contributed by atoms with Gasteiger partial charge >= 0.3 is 0 Å². The summed E-state index contributed by atoms with van der Waals surface area (Å²) in [7, 11) is 8.25. The van der Waals surface area contributed by atoms with Crippen molar-refractivity contribution in [3.63, 3.8) is 0 Å². The molecule has 5 aromatic carbocycles. The van der Waals surface area contributed by atoms with Gasteiger partial charge < -0.3 is 43.9 Å². The molecular weight excluding hydrogens is 1300 g/mol. The maximum absolute atomic E-state index is 12.9. The Labute approximate surface area is 592 Å². The number of nitrogens with zero attached hydrogens (tertiary/aromatic N) is 7. The van der Waals surface area contributed by atoms with E-state index in [-0.39, 0.29) is 11.7 Å². The summed E-state index contributed by atoms with van der Waals surface area (Å²) >= 11 is 23.3. The van der Waals surface area contributed by atoms with Crippen molar-refractivity contribution in [3.8, 4) is 28.7 Å². The minimum absolute atomic E-state index is 0.0988. The topological polar surface area (TPSA) is 156 Å². The highest BCUT2D eigenvalue weighted by atomic mass is 35.5. The lowest BCUT2D eigenvalue weighted by Gasteiger charge is -2.35. The molecule has 12 rings (SSSR count). The summed E-state index contributed by atoms with van der Waals surface area (Å²) in [4.78, 5) is 36.1. The molecule has 1 aliphatic carbocycles. The van der Waals surface area contributed by atoms with Gasteiger partial charge in [-0.1, -0.05) is 77.8 Å². The van der Waals surface area contributed by atoms with E-state index in [0.717, 1.165) is 185 Å². The number of piperidine rings is 1. The number of thiocarbonyl (C=S) groups is 1. The van der Waals surface area contributed by atoms with Crippen LogP contribution >= 0.6 is 47.0 Å². The molecule has 2 aliphatic heterocycles. The molecule has 0 spiro atoms. The zero-order valence-electron chi connectivity index (χ0n) is 56.6. The average Bonchev–Trinajstić information content (AvgIpc) is 1.86. The molecule has 2 saturated heterocycles. The number of pyridine rings is 2. The molecule has 0 radical (unpaired) electrons. The number of nitrogens with one attached hydrogen (secondary N) is 3. The number of piperazine rings is 1. The second kappa shape index (κ2) is 37.7. The molecule has 0 amide bonds. The molecular formula is C77H91Cl3N10O6S. The van der Waals surface area contributed by atoms with Crippen molar-refractivity contribution in [3.05, 3.63) is 225 Å². The molecule has 3 N–H and O–H groups in total. The number of H-pyrrole nitrogens is 1. The van der Waals surface area contributed by atoms with Gasteiger partial charge in [0.15, 0.2) is 33.9 Å².